The van der Waals surface area contributed by atoms with Crippen LogP contribution in [-0.4, -0.2) is 9.52 Å². The second-order valence-electron chi connectivity index (χ2n) is 16.0. The Labute approximate surface area is 358 Å². The molecule has 0 heterocycles. The number of rotatable bonds is 4. The minimum absolute atomic E-state index is 0. The number of aryl methyl sites for hydroxylation is 10. The third-order valence-electron chi connectivity index (χ3n) is 10.2. The minimum Gasteiger partial charge on any atom is -0.165 e. The van der Waals surface area contributed by atoms with Gasteiger partial charge in [-0.3, -0.25) is 0 Å². The van der Waals surface area contributed by atoms with Gasteiger partial charge in [-0.15, -0.1) is 44.8 Å². The summed E-state index contributed by atoms with van der Waals surface area (Å²) < 4.78 is 0. The molecule has 8 aromatic carbocycles. The summed E-state index contributed by atoms with van der Waals surface area (Å²) in [6.45, 7) is 26.1. The maximum atomic E-state index is 2.33. The van der Waals surface area contributed by atoms with Crippen molar-refractivity contribution in [1.82, 2.24) is 0 Å². The smallest absolute Gasteiger partial charge is 0.165 e. The zero-order chi connectivity index (χ0) is 39.6. The summed E-state index contributed by atoms with van der Waals surface area (Å²) in [6, 6.07) is 45.8. The fraction of sp³-hybridized carbons (Fsp3) is 0.222. The first-order chi connectivity index (χ1) is 26.2. The molecule has 0 bridgehead atoms. The van der Waals surface area contributed by atoms with E-state index in [1.165, 1.54) is 122 Å². The summed E-state index contributed by atoms with van der Waals surface area (Å²) in [5.41, 5.74) is 23.7. The average molecular weight is 824 g/mol. The maximum absolute atomic E-state index is 2.33. The van der Waals surface area contributed by atoms with E-state index in [2.05, 4.69) is 204 Å². The molecule has 0 spiro atoms. The van der Waals surface area contributed by atoms with E-state index >= 15 is 0 Å². The van der Waals surface area contributed by atoms with Crippen molar-refractivity contribution in [2.75, 3.05) is 0 Å². The number of hydrogen-bond donors (Lipinski definition) is 0. The van der Waals surface area contributed by atoms with E-state index in [-0.39, 0.29) is 26.2 Å². The molecule has 0 saturated carbocycles. The normalized spacial score (nSPS) is 10.8. The van der Waals surface area contributed by atoms with Crippen molar-refractivity contribution in [2.45, 2.75) is 82.3 Å². The molecule has 0 aliphatic carbocycles. The second-order valence-corrected chi connectivity index (χ2v) is 17.0. The molecule has 0 aliphatic heterocycles. The second kappa shape index (κ2) is 18.3. The molecule has 0 nitrogen and oxygen atoms in total. The molecular formula is C54H56SiZr. The third kappa shape index (κ3) is 9.77. The molecule has 56 heavy (non-hydrogen) atoms. The number of benzene rings is 6. The number of fused-ring (bicyclic) bond motifs is 2. The molecule has 0 aliphatic rings. The Morgan fingerprint density at radius 2 is 0.536 bits per heavy atom. The zero-order valence-corrected chi connectivity index (χ0v) is 39.0. The van der Waals surface area contributed by atoms with Gasteiger partial charge >= 0.3 is 26.2 Å². The Kier molecular flexibility index (Phi) is 14.0. The molecular weight excluding hydrogens is 768 g/mol. The molecule has 0 N–H and O–H groups in total. The van der Waals surface area contributed by atoms with Gasteiger partial charge in [0.15, 0.2) is 0 Å². The van der Waals surface area contributed by atoms with Crippen molar-refractivity contribution < 1.29 is 26.2 Å². The molecule has 0 amide bonds. The Balaban J connectivity index is 0.000000197. The van der Waals surface area contributed by atoms with Crippen LogP contribution in [0.25, 0.3) is 66.1 Å². The van der Waals surface area contributed by atoms with Crippen molar-refractivity contribution in [2.24, 2.45) is 0 Å². The average Bonchev–Trinajstić information content (AvgIpc) is 3.68. The number of hydrogen-bond acceptors (Lipinski definition) is 0. The van der Waals surface area contributed by atoms with Crippen LogP contribution in [0.2, 0.25) is 13.1 Å². The molecule has 0 unspecified atom stereocenters. The molecule has 280 valence electrons. The van der Waals surface area contributed by atoms with Gasteiger partial charge in [0.05, 0.1) is 0 Å². The Morgan fingerprint density at radius 3 is 0.786 bits per heavy atom. The summed E-state index contributed by atoms with van der Waals surface area (Å²) >= 11 is 0. The van der Waals surface area contributed by atoms with Gasteiger partial charge in [0.25, 0.3) is 0 Å². The fourth-order valence-electron chi connectivity index (χ4n) is 8.42. The molecule has 8 rings (SSSR count). The Hall–Kier alpha value is -4.36. The van der Waals surface area contributed by atoms with Crippen molar-refractivity contribution in [3.63, 3.8) is 0 Å². The van der Waals surface area contributed by atoms with Crippen LogP contribution in [-0.2, 0) is 26.2 Å². The van der Waals surface area contributed by atoms with Crippen LogP contribution < -0.4 is 0 Å². The topological polar surface area (TPSA) is 0 Å². The van der Waals surface area contributed by atoms with Gasteiger partial charge in [-0.05, 0) is 66.5 Å². The van der Waals surface area contributed by atoms with Crippen LogP contribution in [0.1, 0.15) is 55.6 Å². The summed E-state index contributed by atoms with van der Waals surface area (Å²) in [4.78, 5) is 0. The van der Waals surface area contributed by atoms with Crippen LogP contribution in [0.5, 0.6) is 0 Å². The Morgan fingerprint density at radius 1 is 0.321 bits per heavy atom. The standard InChI is InChI=1S/2C26H25.C2H6Si.Zr/c2*1-16-8-17(2)11-21(10-16)23-6-7-24(26-15-20(5)14-25(23)26)22-12-18(3)9-19(4)13-22;1-3-2;/h2*6-15H,1-5H3;1-2H3;/q2*-1;;+2. The molecule has 0 saturated heterocycles. The first-order valence-corrected chi connectivity index (χ1v) is 21.6. The van der Waals surface area contributed by atoms with Crippen LogP contribution in [0.15, 0.2) is 121 Å². The van der Waals surface area contributed by atoms with E-state index < -0.39 is 0 Å². The molecule has 2 heteroatoms. The van der Waals surface area contributed by atoms with E-state index in [1.807, 2.05) is 0 Å². The molecule has 2 radical (unpaired) electrons. The van der Waals surface area contributed by atoms with E-state index in [4.69, 9.17) is 0 Å². The maximum Gasteiger partial charge on any atom is 2.00 e. The minimum atomic E-state index is 0. The van der Waals surface area contributed by atoms with Crippen LogP contribution in [0.3, 0.4) is 0 Å². The van der Waals surface area contributed by atoms with E-state index in [1.54, 1.807) is 0 Å². The SMILES string of the molecule is C[Si]C.Cc1cc(C)cc(-c2ccc(-c3cc(C)cc(C)c3)c3[cH-]c(C)cc23)c1.Cc1cc(C)cc(-c2ccc(-c3cc(C)cc(C)c3)c3[cH-]c(C)cc23)c1.[Zr+2]. The van der Waals surface area contributed by atoms with Gasteiger partial charge < -0.3 is 0 Å². The van der Waals surface area contributed by atoms with Crippen molar-refractivity contribution in [3.05, 3.63) is 177 Å². The van der Waals surface area contributed by atoms with Crippen LogP contribution in [0, 0.1) is 69.2 Å². The summed E-state index contributed by atoms with van der Waals surface area (Å²) in [7, 11) is 1.08. The van der Waals surface area contributed by atoms with Crippen molar-refractivity contribution in [1.29, 1.82) is 0 Å². The Bertz CT molecular complexity index is 2200. The van der Waals surface area contributed by atoms with Gasteiger partial charge in [0, 0.05) is 9.52 Å². The van der Waals surface area contributed by atoms with E-state index in [9.17, 15) is 0 Å². The third-order valence-corrected chi connectivity index (χ3v) is 10.2. The van der Waals surface area contributed by atoms with E-state index in [0.29, 0.717) is 0 Å². The molecule has 0 fully saturated rings. The summed E-state index contributed by atoms with van der Waals surface area (Å²) in [5, 5.41) is 5.40. The zero-order valence-electron chi connectivity index (χ0n) is 35.5. The predicted molar refractivity (Wildman–Crippen MR) is 246 cm³/mol. The van der Waals surface area contributed by atoms with Gasteiger partial charge in [-0.25, -0.2) is 0 Å². The summed E-state index contributed by atoms with van der Waals surface area (Å²) in [6.07, 6.45) is 0. The molecule has 0 aromatic heterocycles. The quantitative estimate of drug-likeness (QED) is 0.123. The first kappa shape index (κ1) is 42.8. The molecule has 0 atom stereocenters. The van der Waals surface area contributed by atoms with Gasteiger partial charge in [-0.1, -0.05) is 202 Å². The molecule has 8 aromatic rings. The summed E-state index contributed by atoms with van der Waals surface area (Å²) in [5.74, 6) is 0. The predicted octanol–water partition coefficient (Wildman–Crippen LogP) is 15.7. The van der Waals surface area contributed by atoms with Gasteiger partial charge in [0.2, 0.25) is 0 Å². The largest absolute Gasteiger partial charge is 2.00 e. The fourth-order valence-corrected chi connectivity index (χ4v) is 8.42. The monoisotopic (exact) mass is 822 g/mol. The van der Waals surface area contributed by atoms with Crippen molar-refractivity contribution in [3.8, 4) is 44.5 Å². The first-order valence-electron chi connectivity index (χ1n) is 19.6. The van der Waals surface area contributed by atoms with Gasteiger partial charge in [0.1, 0.15) is 0 Å². The van der Waals surface area contributed by atoms with Crippen LogP contribution >= 0.6 is 0 Å². The van der Waals surface area contributed by atoms with Crippen LogP contribution in [0.4, 0.5) is 0 Å². The van der Waals surface area contributed by atoms with E-state index in [0.717, 1.165) is 9.52 Å². The van der Waals surface area contributed by atoms with Gasteiger partial charge in [-0.2, -0.15) is 12.1 Å². The van der Waals surface area contributed by atoms with Crippen molar-refractivity contribution >= 4 is 31.1 Å².